The summed E-state index contributed by atoms with van der Waals surface area (Å²) in [4.78, 5) is 19.4. The molecule has 1 heterocycles. The third kappa shape index (κ3) is 3.50. The van der Waals surface area contributed by atoms with E-state index in [9.17, 15) is 4.79 Å². The largest absolute Gasteiger partial charge is 0.463 e. The number of hydrogen-bond acceptors (Lipinski definition) is 4. The molecule has 0 saturated heterocycles. The molecule has 1 saturated carbocycles. The predicted octanol–water partition coefficient (Wildman–Crippen LogP) is 3.73. The first-order valence-corrected chi connectivity index (χ1v) is 7.76. The molecule has 0 bridgehead atoms. The lowest BCUT2D eigenvalue weighted by atomic mass is 9.82. The quantitative estimate of drug-likeness (QED) is 0.810. The Morgan fingerprint density at radius 2 is 1.82 bits per heavy atom. The average molecular weight is 296 g/mol. The maximum atomic E-state index is 11.0. The smallest absolute Gasteiger partial charge is 0.302 e. The summed E-state index contributed by atoms with van der Waals surface area (Å²) in [5.41, 5.74) is 3.34. The number of carbonyl (C=O) groups is 1. The number of hydrogen-bond donors (Lipinski definition) is 0. The summed E-state index contributed by atoms with van der Waals surface area (Å²) in [5, 5.41) is 0. The van der Waals surface area contributed by atoms with Crippen molar-refractivity contribution in [3.63, 3.8) is 0 Å². The Bertz CT molecular complexity index is 617. The molecule has 1 fully saturated rings. The number of carbonyl (C=O) groups excluding carboxylic acids is 1. The molecular formula is C18H20N2O2. The van der Waals surface area contributed by atoms with E-state index >= 15 is 0 Å². The average Bonchev–Trinajstić information content (AvgIpc) is 2.56. The first-order chi connectivity index (χ1) is 10.7. The van der Waals surface area contributed by atoms with Crippen molar-refractivity contribution in [3.05, 3.63) is 48.4 Å². The summed E-state index contributed by atoms with van der Waals surface area (Å²) in [6, 6.07) is 8.58. The normalized spacial score (nSPS) is 21.3. The summed E-state index contributed by atoms with van der Waals surface area (Å²) in [6.07, 6.45) is 9.32. The minimum absolute atomic E-state index is 0.104. The van der Waals surface area contributed by atoms with Gasteiger partial charge in [-0.1, -0.05) is 24.3 Å². The van der Waals surface area contributed by atoms with Gasteiger partial charge >= 0.3 is 5.97 Å². The third-order valence-electron chi connectivity index (χ3n) is 4.25. The maximum Gasteiger partial charge on any atom is 0.302 e. The van der Waals surface area contributed by atoms with Crippen molar-refractivity contribution in [1.82, 2.24) is 9.97 Å². The number of ether oxygens (including phenoxy) is 1. The second kappa shape index (κ2) is 6.69. The topological polar surface area (TPSA) is 52.1 Å². The van der Waals surface area contributed by atoms with Crippen LogP contribution in [0.2, 0.25) is 0 Å². The Kier molecular flexibility index (Phi) is 4.47. The molecule has 0 spiro atoms. The van der Waals surface area contributed by atoms with Gasteiger partial charge in [0.2, 0.25) is 0 Å². The van der Waals surface area contributed by atoms with Gasteiger partial charge in [-0.3, -0.25) is 14.8 Å². The molecule has 0 unspecified atom stereocenters. The van der Waals surface area contributed by atoms with Crippen LogP contribution in [0.4, 0.5) is 0 Å². The van der Waals surface area contributed by atoms with Crippen LogP contribution < -0.4 is 0 Å². The lowest BCUT2D eigenvalue weighted by Gasteiger charge is -2.28. The zero-order valence-corrected chi connectivity index (χ0v) is 12.7. The first-order valence-electron chi connectivity index (χ1n) is 7.76. The highest BCUT2D eigenvalue weighted by atomic mass is 16.5. The molecule has 0 radical (unpaired) electrons. The Hall–Kier alpha value is -2.23. The Labute approximate surface area is 130 Å². The summed E-state index contributed by atoms with van der Waals surface area (Å²) in [7, 11) is 0. The van der Waals surface area contributed by atoms with E-state index in [0.29, 0.717) is 5.92 Å². The molecule has 0 atom stereocenters. The fourth-order valence-electron chi connectivity index (χ4n) is 3.12. The first kappa shape index (κ1) is 14.7. The van der Waals surface area contributed by atoms with E-state index in [1.165, 1.54) is 12.5 Å². The highest BCUT2D eigenvalue weighted by Crippen LogP contribution is 2.34. The van der Waals surface area contributed by atoms with E-state index in [4.69, 9.17) is 4.74 Å². The van der Waals surface area contributed by atoms with Crippen molar-refractivity contribution in [1.29, 1.82) is 0 Å². The molecule has 114 valence electrons. The molecule has 2 aromatic rings. The van der Waals surface area contributed by atoms with Gasteiger partial charge in [-0.15, -0.1) is 0 Å². The summed E-state index contributed by atoms with van der Waals surface area (Å²) >= 11 is 0. The lowest BCUT2D eigenvalue weighted by molar-refractivity contribution is -0.147. The molecule has 0 amide bonds. The van der Waals surface area contributed by atoms with Crippen LogP contribution in [0.25, 0.3) is 11.3 Å². The molecule has 1 aromatic carbocycles. The number of nitrogens with zero attached hydrogens (tertiary/aromatic N) is 2. The molecule has 1 aliphatic rings. The van der Waals surface area contributed by atoms with Crippen molar-refractivity contribution >= 4 is 5.97 Å². The Balaban J connectivity index is 1.63. The van der Waals surface area contributed by atoms with E-state index in [1.54, 1.807) is 18.6 Å². The number of benzene rings is 1. The van der Waals surface area contributed by atoms with Crippen molar-refractivity contribution < 1.29 is 9.53 Å². The van der Waals surface area contributed by atoms with Gasteiger partial charge in [0.15, 0.2) is 0 Å². The summed E-state index contributed by atoms with van der Waals surface area (Å²) < 4.78 is 5.30. The van der Waals surface area contributed by atoms with Crippen LogP contribution >= 0.6 is 0 Å². The minimum Gasteiger partial charge on any atom is -0.463 e. The third-order valence-corrected chi connectivity index (χ3v) is 4.25. The van der Waals surface area contributed by atoms with Gasteiger partial charge in [0.1, 0.15) is 6.10 Å². The van der Waals surface area contributed by atoms with Crippen LogP contribution in [0, 0.1) is 0 Å². The van der Waals surface area contributed by atoms with Crippen molar-refractivity contribution in [2.24, 2.45) is 0 Å². The highest BCUT2D eigenvalue weighted by Gasteiger charge is 2.24. The second-order valence-corrected chi connectivity index (χ2v) is 5.80. The predicted molar refractivity (Wildman–Crippen MR) is 84.2 cm³/mol. The fourth-order valence-corrected chi connectivity index (χ4v) is 3.12. The van der Waals surface area contributed by atoms with Gasteiger partial charge in [-0.25, -0.2) is 0 Å². The van der Waals surface area contributed by atoms with E-state index in [1.807, 2.05) is 0 Å². The van der Waals surface area contributed by atoms with Crippen molar-refractivity contribution in [3.8, 4) is 11.3 Å². The lowest BCUT2D eigenvalue weighted by Crippen LogP contribution is -2.22. The van der Waals surface area contributed by atoms with Gasteiger partial charge in [0, 0.05) is 24.9 Å². The van der Waals surface area contributed by atoms with Crippen LogP contribution in [0.3, 0.4) is 0 Å². The Morgan fingerprint density at radius 1 is 1.09 bits per heavy atom. The fraction of sp³-hybridized carbons (Fsp3) is 0.389. The molecule has 22 heavy (non-hydrogen) atoms. The molecule has 1 aromatic heterocycles. The highest BCUT2D eigenvalue weighted by molar-refractivity contribution is 5.66. The van der Waals surface area contributed by atoms with Crippen molar-refractivity contribution in [2.75, 3.05) is 0 Å². The minimum atomic E-state index is -0.170. The van der Waals surface area contributed by atoms with E-state index < -0.39 is 0 Å². The number of rotatable bonds is 3. The molecule has 1 aliphatic carbocycles. The molecule has 3 rings (SSSR count). The van der Waals surface area contributed by atoms with Crippen LogP contribution in [-0.4, -0.2) is 22.0 Å². The number of esters is 1. The van der Waals surface area contributed by atoms with E-state index in [2.05, 4.69) is 34.2 Å². The zero-order valence-electron chi connectivity index (χ0n) is 12.7. The van der Waals surface area contributed by atoms with Crippen molar-refractivity contribution in [2.45, 2.75) is 44.6 Å². The monoisotopic (exact) mass is 296 g/mol. The van der Waals surface area contributed by atoms with Gasteiger partial charge in [-0.05, 0) is 37.2 Å². The Morgan fingerprint density at radius 3 is 2.41 bits per heavy atom. The van der Waals surface area contributed by atoms with E-state index in [-0.39, 0.29) is 12.1 Å². The standard InChI is InChI=1S/C18H20N2O2/c1-13(21)22-17-8-6-15(7-9-17)14-2-4-16(5-3-14)18-12-19-10-11-20-18/h2-5,10-12,15,17H,6-9H2,1H3. The van der Waals surface area contributed by atoms with Gasteiger partial charge < -0.3 is 4.74 Å². The van der Waals surface area contributed by atoms with Crippen LogP contribution in [0.15, 0.2) is 42.9 Å². The molecular weight excluding hydrogens is 276 g/mol. The second-order valence-electron chi connectivity index (χ2n) is 5.80. The van der Waals surface area contributed by atoms with Gasteiger partial charge in [0.25, 0.3) is 0 Å². The molecule has 0 aliphatic heterocycles. The van der Waals surface area contributed by atoms with Crippen LogP contribution in [0.1, 0.15) is 44.1 Å². The van der Waals surface area contributed by atoms with E-state index in [0.717, 1.165) is 36.9 Å². The maximum absolute atomic E-state index is 11.0. The molecule has 4 nitrogen and oxygen atoms in total. The van der Waals surface area contributed by atoms with Gasteiger partial charge in [0.05, 0.1) is 11.9 Å². The van der Waals surface area contributed by atoms with Gasteiger partial charge in [-0.2, -0.15) is 0 Å². The SMILES string of the molecule is CC(=O)OC1CCC(c2ccc(-c3cnccn3)cc2)CC1. The number of aromatic nitrogens is 2. The molecule has 4 heteroatoms. The van der Waals surface area contributed by atoms with Crippen LogP contribution in [-0.2, 0) is 9.53 Å². The van der Waals surface area contributed by atoms with Crippen LogP contribution in [0.5, 0.6) is 0 Å². The summed E-state index contributed by atoms with van der Waals surface area (Å²) in [6.45, 7) is 1.48. The zero-order chi connectivity index (χ0) is 15.4. The summed E-state index contributed by atoms with van der Waals surface area (Å²) in [5.74, 6) is 0.388. The molecule has 0 N–H and O–H groups in total.